The van der Waals surface area contributed by atoms with E-state index in [0.29, 0.717) is 0 Å². The Kier molecular flexibility index (Phi) is 8.02. The van der Waals surface area contributed by atoms with Crippen LogP contribution in [0.5, 0.6) is 0 Å². The summed E-state index contributed by atoms with van der Waals surface area (Å²) in [7, 11) is 0. The molecule has 320 valence electrons. The van der Waals surface area contributed by atoms with Crippen molar-refractivity contribution in [1.29, 1.82) is 0 Å². The summed E-state index contributed by atoms with van der Waals surface area (Å²) in [4.78, 5) is 2.56. The summed E-state index contributed by atoms with van der Waals surface area (Å²) in [5, 5.41) is 10.1. The Morgan fingerprint density at radius 2 is 0.826 bits per heavy atom. The highest BCUT2D eigenvalue weighted by Crippen LogP contribution is 2.63. The molecule has 2 aliphatic rings. The molecule has 13 aromatic rings. The van der Waals surface area contributed by atoms with Gasteiger partial charge in [-0.25, -0.2) is 0 Å². The molecular weight excluding hydrogens is 833 g/mol. The van der Waals surface area contributed by atoms with Crippen molar-refractivity contribution in [2.45, 2.75) is 5.41 Å². The molecule has 1 aliphatic heterocycles. The maximum atomic E-state index is 2.56. The minimum atomic E-state index is -0.584. The van der Waals surface area contributed by atoms with Gasteiger partial charge < -0.3 is 9.47 Å². The first-order chi connectivity index (χ1) is 34.3. The standard InChI is InChI=1S/C67H42N2/c1-2-18-43(19-3-1)44-36-38-45(39-37-44)47-20-9-13-32-61(47)68(46-40-41-52-50-23-5-4-21-48(50)49-22-6-7-24-51(49)56(52)42-46)64-35-17-30-59-65(64)55-26-8-11-28-57(55)67(59)58-29-12-15-34-63(58)69-62-33-14-10-25-53(62)54-27-16-31-60(67)66(54)69/h1-42H. The lowest BCUT2D eigenvalue weighted by Crippen LogP contribution is -2.33. The molecule has 2 nitrogen and oxygen atoms in total. The molecule has 0 amide bonds. The second kappa shape index (κ2) is 14.5. The van der Waals surface area contributed by atoms with E-state index in [1.54, 1.807) is 0 Å². The number of nitrogens with zero attached hydrogens (tertiary/aromatic N) is 2. The first-order valence-corrected chi connectivity index (χ1v) is 24.0. The molecule has 0 radical (unpaired) electrons. The molecule has 2 heterocycles. The average molecular weight is 875 g/mol. The van der Waals surface area contributed by atoms with Gasteiger partial charge in [0, 0.05) is 27.6 Å². The summed E-state index contributed by atoms with van der Waals surface area (Å²) >= 11 is 0. The van der Waals surface area contributed by atoms with Crippen LogP contribution in [-0.2, 0) is 5.41 Å². The number of fused-ring (bicyclic) bond motifs is 18. The third-order valence-electron chi connectivity index (χ3n) is 15.4. The van der Waals surface area contributed by atoms with Gasteiger partial charge in [-0.05, 0) is 113 Å². The van der Waals surface area contributed by atoms with E-state index in [2.05, 4.69) is 264 Å². The number of aromatic nitrogens is 1. The number of anilines is 3. The van der Waals surface area contributed by atoms with Crippen LogP contribution in [0.3, 0.4) is 0 Å². The van der Waals surface area contributed by atoms with Gasteiger partial charge in [0.05, 0.1) is 33.5 Å². The summed E-state index contributed by atoms with van der Waals surface area (Å²) in [6.07, 6.45) is 0. The molecule has 0 fully saturated rings. The summed E-state index contributed by atoms with van der Waals surface area (Å²) in [6.45, 7) is 0. The normalized spacial score (nSPS) is 14.4. The van der Waals surface area contributed by atoms with E-state index in [-0.39, 0.29) is 0 Å². The SMILES string of the molecule is c1ccc(-c2ccc(-c3ccccc3N(c3ccc4c5ccccc5c5ccccc5c4c3)c3cccc4c3-c3ccccc3C43c4ccccc4-n4c5ccccc5c5cccc3c54)cc2)cc1. The van der Waals surface area contributed by atoms with Crippen LogP contribution in [-0.4, -0.2) is 4.57 Å². The van der Waals surface area contributed by atoms with Gasteiger partial charge in [0.1, 0.15) is 0 Å². The Labute approximate surface area is 400 Å². The molecule has 15 rings (SSSR count). The van der Waals surface area contributed by atoms with Crippen LogP contribution in [0.4, 0.5) is 17.1 Å². The first kappa shape index (κ1) is 38.2. The van der Waals surface area contributed by atoms with Gasteiger partial charge in [-0.3, -0.25) is 0 Å². The van der Waals surface area contributed by atoms with E-state index in [0.717, 1.165) is 28.2 Å². The van der Waals surface area contributed by atoms with Gasteiger partial charge in [-0.15, -0.1) is 0 Å². The van der Waals surface area contributed by atoms with Crippen molar-refractivity contribution in [3.05, 3.63) is 277 Å². The van der Waals surface area contributed by atoms with Crippen molar-refractivity contribution in [3.8, 4) is 39.1 Å². The van der Waals surface area contributed by atoms with E-state index in [4.69, 9.17) is 0 Å². The zero-order chi connectivity index (χ0) is 45.2. The lowest BCUT2D eigenvalue weighted by atomic mass is 9.65. The van der Waals surface area contributed by atoms with Crippen LogP contribution in [0.15, 0.2) is 255 Å². The van der Waals surface area contributed by atoms with Crippen LogP contribution in [0.1, 0.15) is 22.3 Å². The van der Waals surface area contributed by atoms with Crippen LogP contribution in [0.25, 0.3) is 93.2 Å². The van der Waals surface area contributed by atoms with Gasteiger partial charge in [-0.1, -0.05) is 218 Å². The second-order valence-corrected chi connectivity index (χ2v) is 18.7. The molecular formula is C67H42N2. The molecule has 0 saturated carbocycles. The molecule has 1 aromatic heterocycles. The van der Waals surface area contributed by atoms with Gasteiger partial charge in [0.15, 0.2) is 0 Å². The van der Waals surface area contributed by atoms with E-state index < -0.39 is 5.41 Å². The van der Waals surface area contributed by atoms with E-state index in [9.17, 15) is 0 Å². The highest BCUT2D eigenvalue weighted by Gasteiger charge is 2.51. The average Bonchev–Trinajstić information content (AvgIpc) is 3.93. The van der Waals surface area contributed by atoms with Crippen molar-refractivity contribution in [3.63, 3.8) is 0 Å². The predicted molar refractivity (Wildman–Crippen MR) is 290 cm³/mol. The fourth-order valence-electron chi connectivity index (χ4n) is 12.6. The van der Waals surface area contributed by atoms with Gasteiger partial charge in [0.2, 0.25) is 0 Å². The van der Waals surface area contributed by atoms with Crippen molar-refractivity contribution in [1.82, 2.24) is 4.57 Å². The van der Waals surface area contributed by atoms with Crippen molar-refractivity contribution >= 4 is 71.2 Å². The number of hydrogen-bond acceptors (Lipinski definition) is 1. The molecule has 1 aliphatic carbocycles. The van der Waals surface area contributed by atoms with Crippen LogP contribution >= 0.6 is 0 Å². The zero-order valence-electron chi connectivity index (χ0n) is 37.6. The third kappa shape index (κ3) is 5.20. The molecule has 1 unspecified atom stereocenters. The lowest BCUT2D eigenvalue weighted by Gasteiger charge is -2.39. The van der Waals surface area contributed by atoms with Crippen molar-refractivity contribution < 1.29 is 0 Å². The van der Waals surface area contributed by atoms with Crippen molar-refractivity contribution in [2.75, 3.05) is 4.90 Å². The van der Waals surface area contributed by atoms with E-state index in [1.165, 1.54) is 104 Å². The van der Waals surface area contributed by atoms with E-state index in [1.807, 2.05) is 0 Å². The summed E-state index contributed by atoms with van der Waals surface area (Å²) in [5.41, 5.74) is 19.0. The van der Waals surface area contributed by atoms with Gasteiger partial charge in [0.25, 0.3) is 0 Å². The molecule has 69 heavy (non-hydrogen) atoms. The van der Waals surface area contributed by atoms with Gasteiger partial charge >= 0.3 is 0 Å². The highest BCUT2D eigenvalue weighted by molar-refractivity contribution is 6.26. The summed E-state index contributed by atoms with van der Waals surface area (Å²) in [5.74, 6) is 0. The fourth-order valence-corrected chi connectivity index (χ4v) is 12.6. The molecule has 0 N–H and O–H groups in total. The molecule has 1 spiro atoms. The Morgan fingerprint density at radius 1 is 0.304 bits per heavy atom. The quantitative estimate of drug-likeness (QED) is 0.156. The molecule has 1 atom stereocenters. The Balaban J connectivity index is 1.04. The summed E-state index contributed by atoms with van der Waals surface area (Å²) in [6, 6.07) is 95.1. The lowest BCUT2D eigenvalue weighted by molar-refractivity contribution is 0.748. The molecule has 0 saturated heterocycles. The molecule has 12 aromatic carbocycles. The number of rotatable bonds is 5. The van der Waals surface area contributed by atoms with Crippen LogP contribution in [0.2, 0.25) is 0 Å². The van der Waals surface area contributed by atoms with Crippen LogP contribution in [0, 0.1) is 0 Å². The predicted octanol–water partition coefficient (Wildman–Crippen LogP) is 17.7. The third-order valence-corrected chi connectivity index (χ3v) is 15.4. The monoisotopic (exact) mass is 874 g/mol. The minimum absolute atomic E-state index is 0.584. The highest BCUT2D eigenvalue weighted by atomic mass is 15.1. The fraction of sp³-hybridized carbons (Fsp3) is 0.0149. The molecule has 2 heteroatoms. The van der Waals surface area contributed by atoms with Crippen molar-refractivity contribution in [2.24, 2.45) is 0 Å². The maximum absolute atomic E-state index is 2.56. The van der Waals surface area contributed by atoms with E-state index >= 15 is 0 Å². The summed E-state index contributed by atoms with van der Waals surface area (Å²) < 4.78 is 2.53. The Hall–Kier alpha value is -8.98. The Morgan fingerprint density at radius 3 is 1.61 bits per heavy atom. The maximum Gasteiger partial charge on any atom is 0.0755 e. The Bertz CT molecular complexity index is 4220. The number of hydrogen-bond donors (Lipinski definition) is 0. The van der Waals surface area contributed by atoms with Gasteiger partial charge in [-0.2, -0.15) is 0 Å². The molecule has 0 bridgehead atoms. The van der Waals surface area contributed by atoms with Crippen LogP contribution < -0.4 is 4.90 Å². The minimum Gasteiger partial charge on any atom is -0.309 e. The largest absolute Gasteiger partial charge is 0.309 e. The number of para-hydroxylation sites is 4. The smallest absolute Gasteiger partial charge is 0.0755 e. The first-order valence-electron chi connectivity index (χ1n) is 24.0. The second-order valence-electron chi connectivity index (χ2n) is 18.7. The zero-order valence-corrected chi connectivity index (χ0v) is 37.6. The topological polar surface area (TPSA) is 8.17 Å². The number of benzene rings is 12.